The minimum atomic E-state index is -0.507. The monoisotopic (exact) mass is 188 g/mol. The van der Waals surface area contributed by atoms with E-state index in [1.54, 1.807) is 11.8 Å². The molecule has 1 saturated heterocycles. The van der Waals surface area contributed by atoms with E-state index in [-0.39, 0.29) is 18.6 Å². The van der Waals surface area contributed by atoms with Gasteiger partial charge >= 0.3 is 0 Å². The van der Waals surface area contributed by atoms with Crippen molar-refractivity contribution in [3.8, 4) is 0 Å². The van der Waals surface area contributed by atoms with E-state index in [4.69, 9.17) is 15.6 Å². The standard InChI is InChI=1S/C8H16N2O3/c1-6(9)8(12)10-2-3-13-5-7(10)4-11/h6-7,11H,2-5,9H2,1H3/t6-,7?/m1/s1. The minimum absolute atomic E-state index is 0.0710. The molecular weight excluding hydrogens is 172 g/mol. The molecule has 5 nitrogen and oxygen atoms in total. The van der Waals surface area contributed by atoms with Crippen LogP contribution in [-0.4, -0.2) is 54.4 Å². The fourth-order valence-corrected chi connectivity index (χ4v) is 1.36. The van der Waals surface area contributed by atoms with Crippen molar-refractivity contribution >= 4 is 5.91 Å². The van der Waals surface area contributed by atoms with Gasteiger partial charge in [0.15, 0.2) is 0 Å². The molecule has 1 aliphatic heterocycles. The van der Waals surface area contributed by atoms with Crippen LogP contribution in [0.15, 0.2) is 0 Å². The van der Waals surface area contributed by atoms with Crippen LogP contribution in [-0.2, 0) is 9.53 Å². The third kappa shape index (κ3) is 2.40. The number of amides is 1. The largest absolute Gasteiger partial charge is 0.394 e. The predicted octanol–water partition coefficient (Wildman–Crippen LogP) is -1.45. The average Bonchev–Trinajstić information content (AvgIpc) is 2.16. The Morgan fingerprint density at radius 1 is 1.85 bits per heavy atom. The number of carbonyl (C=O) groups is 1. The summed E-state index contributed by atoms with van der Waals surface area (Å²) in [4.78, 5) is 13.1. The van der Waals surface area contributed by atoms with E-state index in [9.17, 15) is 4.79 Å². The van der Waals surface area contributed by atoms with Gasteiger partial charge in [0.1, 0.15) is 0 Å². The van der Waals surface area contributed by atoms with E-state index in [1.807, 2.05) is 0 Å². The summed E-state index contributed by atoms with van der Waals surface area (Å²) in [7, 11) is 0. The number of aliphatic hydroxyl groups is 1. The van der Waals surface area contributed by atoms with E-state index in [0.29, 0.717) is 19.8 Å². The summed E-state index contributed by atoms with van der Waals surface area (Å²) in [6.45, 7) is 3.01. The second-order valence-corrected chi connectivity index (χ2v) is 3.23. The Hall–Kier alpha value is -0.650. The van der Waals surface area contributed by atoms with Crippen LogP contribution in [0, 0.1) is 0 Å². The molecule has 0 bridgehead atoms. The molecule has 3 N–H and O–H groups in total. The number of hydrogen-bond donors (Lipinski definition) is 2. The summed E-state index contributed by atoms with van der Waals surface area (Å²) in [6.07, 6.45) is 0. The van der Waals surface area contributed by atoms with Crippen LogP contribution in [0.2, 0.25) is 0 Å². The first-order valence-electron chi connectivity index (χ1n) is 4.41. The molecular formula is C8H16N2O3. The van der Waals surface area contributed by atoms with E-state index in [2.05, 4.69) is 0 Å². The van der Waals surface area contributed by atoms with Gasteiger partial charge < -0.3 is 20.5 Å². The van der Waals surface area contributed by atoms with Gasteiger partial charge in [-0.2, -0.15) is 0 Å². The molecule has 5 heteroatoms. The summed E-state index contributed by atoms with van der Waals surface area (Å²) in [5.41, 5.74) is 5.47. The zero-order valence-electron chi connectivity index (χ0n) is 7.77. The van der Waals surface area contributed by atoms with Gasteiger partial charge in [0, 0.05) is 6.54 Å². The molecule has 1 amide bonds. The van der Waals surface area contributed by atoms with Crippen LogP contribution < -0.4 is 5.73 Å². The van der Waals surface area contributed by atoms with Crippen molar-refractivity contribution in [1.82, 2.24) is 4.90 Å². The van der Waals surface area contributed by atoms with E-state index in [1.165, 1.54) is 0 Å². The number of morpholine rings is 1. The molecule has 1 unspecified atom stereocenters. The molecule has 0 aliphatic carbocycles. The summed E-state index contributed by atoms with van der Waals surface area (Å²) in [5, 5.41) is 8.98. The molecule has 0 aromatic carbocycles. The van der Waals surface area contributed by atoms with Gasteiger partial charge in [0.25, 0.3) is 0 Å². The van der Waals surface area contributed by atoms with Crippen molar-refractivity contribution < 1.29 is 14.6 Å². The number of hydrogen-bond acceptors (Lipinski definition) is 4. The fraction of sp³-hybridized carbons (Fsp3) is 0.875. The quantitative estimate of drug-likeness (QED) is 0.556. The van der Waals surface area contributed by atoms with Crippen molar-refractivity contribution in [2.75, 3.05) is 26.4 Å². The Morgan fingerprint density at radius 3 is 3.08 bits per heavy atom. The van der Waals surface area contributed by atoms with Crippen molar-refractivity contribution in [2.45, 2.75) is 19.0 Å². The summed E-state index contributed by atoms with van der Waals surface area (Å²) < 4.78 is 5.14. The second-order valence-electron chi connectivity index (χ2n) is 3.23. The van der Waals surface area contributed by atoms with Gasteiger partial charge in [-0.3, -0.25) is 4.79 Å². The van der Waals surface area contributed by atoms with Crippen LogP contribution in [0.5, 0.6) is 0 Å². The maximum atomic E-state index is 11.5. The first kappa shape index (κ1) is 10.4. The molecule has 0 aromatic rings. The number of ether oxygens (including phenoxy) is 1. The van der Waals surface area contributed by atoms with E-state index in [0.717, 1.165) is 0 Å². The van der Waals surface area contributed by atoms with Gasteiger partial charge in [-0.1, -0.05) is 0 Å². The van der Waals surface area contributed by atoms with Crippen LogP contribution in [0.4, 0.5) is 0 Å². The maximum absolute atomic E-state index is 11.5. The molecule has 1 rings (SSSR count). The van der Waals surface area contributed by atoms with Gasteiger partial charge in [-0.15, -0.1) is 0 Å². The fourth-order valence-electron chi connectivity index (χ4n) is 1.36. The van der Waals surface area contributed by atoms with Gasteiger partial charge in [0.05, 0.1) is 31.9 Å². The van der Waals surface area contributed by atoms with E-state index < -0.39 is 6.04 Å². The van der Waals surface area contributed by atoms with Crippen molar-refractivity contribution in [2.24, 2.45) is 5.73 Å². The van der Waals surface area contributed by atoms with Gasteiger partial charge in [-0.05, 0) is 6.92 Å². The highest BCUT2D eigenvalue weighted by Crippen LogP contribution is 2.07. The zero-order chi connectivity index (χ0) is 9.84. The lowest BCUT2D eigenvalue weighted by Crippen LogP contribution is -2.54. The highest BCUT2D eigenvalue weighted by Gasteiger charge is 2.28. The number of nitrogens with two attached hydrogens (primary N) is 1. The SMILES string of the molecule is C[C@@H](N)C(=O)N1CCOCC1CO. The predicted molar refractivity (Wildman–Crippen MR) is 47.1 cm³/mol. The highest BCUT2D eigenvalue weighted by molar-refractivity contribution is 5.81. The smallest absolute Gasteiger partial charge is 0.239 e. The molecule has 76 valence electrons. The molecule has 1 aliphatic rings. The lowest BCUT2D eigenvalue weighted by Gasteiger charge is -2.35. The third-order valence-electron chi connectivity index (χ3n) is 2.11. The van der Waals surface area contributed by atoms with Crippen molar-refractivity contribution in [3.63, 3.8) is 0 Å². The zero-order valence-corrected chi connectivity index (χ0v) is 7.77. The number of carbonyl (C=O) groups excluding carboxylic acids is 1. The Bertz CT molecular complexity index is 184. The number of nitrogens with zero attached hydrogens (tertiary/aromatic N) is 1. The molecule has 0 radical (unpaired) electrons. The van der Waals surface area contributed by atoms with Gasteiger partial charge in [-0.25, -0.2) is 0 Å². The van der Waals surface area contributed by atoms with Crippen LogP contribution in [0.1, 0.15) is 6.92 Å². The van der Waals surface area contributed by atoms with Crippen molar-refractivity contribution in [3.05, 3.63) is 0 Å². The summed E-state index contributed by atoms with van der Waals surface area (Å²) in [5.74, 6) is -0.123. The summed E-state index contributed by atoms with van der Waals surface area (Å²) >= 11 is 0. The van der Waals surface area contributed by atoms with Crippen LogP contribution >= 0.6 is 0 Å². The van der Waals surface area contributed by atoms with Crippen LogP contribution in [0.25, 0.3) is 0 Å². The Morgan fingerprint density at radius 2 is 2.54 bits per heavy atom. The molecule has 13 heavy (non-hydrogen) atoms. The first-order chi connectivity index (χ1) is 6.16. The Kier molecular flexibility index (Phi) is 3.65. The van der Waals surface area contributed by atoms with E-state index >= 15 is 0 Å². The number of rotatable bonds is 2. The van der Waals surface area contributed by atoms with Crippen molar-refractivity contribution in [1.29, 1.82) is 0 Å². The Labute approximate surface area is 77.5 Å². The molecule has 0 saturated carbocycles. The van der Waals surface area contributed by atoms with Crippen LogP contribution in [0.3, 0.4) is 0 Å². The average molecular weight is 188 g/mol. The molecule has 0 spiro atoms. The second kappa shape index (κ2) is 4.55. The molecule has 2 atom stereocenters. The third-order valence-corrected chi connectivity index (χ3v) is 2.11. The lowest BCUT2D eigenvalue weighted by atomic mass is 10.2. The molecule has 1 fully saturated rings. The normalized spacial score (nSPS) is 25.8. The molecule has 1 heterocycles. The maximum Gasteiger partial charge on any atom is 0.239 e. The Balaban J connectivity index is 2.58. The summed E-state index contributed by atoms with van der Waals surface area (Å²) in [6, 6.07) is -0.737. The topological polar surface area (TPSA) is 75.8 Å². The number of aliphatic hydroxyl groups excluding tert-OH is 1. The minimum Gasteiger partial charge on any atom is -0.394 e. The highest BCUT2D eigenvalue weighted by atomic mass is 16.5. The molecule has 0 aromatic heterocycles. The first-order valence-corrected chi connectivity index (χ1v) is 4.41. The lowest BCUT2D eigenvalue weighted by molar-refractivity contribution is -0.142. The van der Waals surface area contributed by atoms with Gasteiger partial charge in [0.2, 0.25) is 5.91 Å².